The standard InChI is InChI=1S/C23H19N3O3/c1-15-6-5-9-18(25-15)13-24-21(27)17-10-11-19-20(12-17)23(29)26(22(19)28)14-16-7-3-2-4-8-16/h2-12H,13-14H2,1H3,(H,24,27). The Morgan fingerprint density at radius 3 is 2.45 bits per heavy atom. The van der Waals surface area contributed by atoms with E-state index >= 15 is 0 Å². The number of nitrogens with zero attached hydrogens (tertiary/aromatic N) is 2. The third-order valence-corrected chi connectivity index (χ3v) is 4.79. The van der Waals surface area contributed by atoms with Crippen LogP contribution in [-0.2, 0) is 13.1 Å². The molecule has 0 aliphatic carbocycles. The van der Waals surface area contributed by atoms with Crippen LogP contribution in [0.25, 0.3) is 0 Å². The molecule has 2 aromatic carbocycles. The number of aromatic nitrogens is 1. The fourth-order valence-electron chi connectivity index (χ4n) is 3.31. The molecule has 1 N–H and O–H groups in total. The van der Waals surface area contributed by atoms with E-state index in [1.807, 2.05) is 55.5 Å². The molecule has 0 bridgehead atoms. The molecule has 0 spiro atoms. The summed E-state index contributed by atoms with van der Waals surface area (Å²) >= 11 is 0. The first kappa shape index (κ1) is 18.6. The molecule has 1 aliphatic rings. The molecule has 0 saturated heterocycles. The van der Waals surface area contributed by atoms with Gasteiger partial charge in [-0.05, 0) is 42.8 Å². The number of fused-ring (bicyclic) bond motifs is 1. The van der Waals surface area contributed by atoms with Crippen LogP contribution in [0, 0.1) is 6.92 Å². The van der Waals surface area contributed by atoms with Gasteiger partial charge in [0.15, 0.2) is 0 Å². The normalized spacial score (nSPS) is 12.8. The van der Waals surface area contributed by atoms with Crippen LogP contribution in [0.3, 0.4) is 0 Å². The average molecular weight is 385 g/mol. The van der Waals surface area contributed by atoms with Crippen molar-refractivity contribution in [2.75, 3.05) is 0 Å². The van der Waals surface area contributed by atoms with Crippen molar-refractivity contribution in [3.05, 3.63) is 100 Å². The molecule has 6 nitrogen and oxygen atoms in total. The molecule has 4 rings (SSSR count). The van der Waals surface area contributed by atoms with Gasteiger partial charge in [0, 0.05) is 11.3 Å². The van der Waals surface area contributed by atoms with E-state index in [0.717, 1.165) is 17.0 Å². The van der Waals surface area contributed by atoms with Gasteiger partial charge in [-0.15, -0.1) is 0 Å². The number of imide groups is 1. The van der Waals surface area contributed by atoms with E-state index in [-0.39, 0.29) is 36.4 Å². The van der Waals surface area contributed by atoms with Gasteiger partial charge in [-0.1, -0.05) is 36.4 Å². The third kappa shape index (κ3) is 3.78. The monoisotopic (exact) mass is 385 g/mol. The fraction of sp³-hybridized carbons (Fsp3) is 0.130. The second kappa shape index (κ2) is 7.67. The Balaban J connectivity index is 1.50. The molecule has 3 aromatic rings. The smallest absolute Gasteiger partial charge is 0.261 e. The Bertz CT molecular complexity index is 1110. The number of aryl methyl sites for hydroxylation is 1. The number of carbonyl (C=O) groups excluding carboxylic acids is 3. The maximum absolute atomic E-state index is 12.8. The van der Waals surface area contributed by atoms with Gasteiger partial charge in [0.05, 0.1) is 29.9 Å². The Labute approximate surface area is 168 Å². The molecular weight excluding hydrogens is 366 g/mol. The molecule has 1 aromatic heterocycles. The topological polar surface area (TPSA) is 79.4 Å². The molecule has 3 amide bonds. The number of pyridine rings is 1. The summed E-state index contributed by atoms with van der Waals surface area (Å²) in [6.07, 6.45) is 0. The average Bonchev–Trinajstić information content (AvgIpc) is 2.97. The van der Waals surface area contributed by atoms with E-state index in [2.05, 4.69) is 10.3 Å². The maximum atomic E-state index is 12.8. The van der Waals surface area contributed by atoms with Crippen molar-refractivity contribution in [3.8, 4) is 0 Å². The lowest BCUT2D eigenvalue weighted by Crippen LogP contribution is -2.29. The second-order valence-electron chi connectivity index (χ2n) is 6.90. The van der Waals surface area contributed by atoms with Crippen LogP contribution in [0.5, 0.6) is 0 Å². The van der Waals surface area contributed by atoms with E-state index in [1.54, 1.807) is 12.1 Å². The summed E-state index contributed by atoms with van der Waals surface area (Å²) in [6, 6.07) is 19.5. The van der Waals surface area contributed by atoms with Gasteiger partial charge in [-0.2, -0.15) is 0 Å². The van der Waals surface area contributed by atoms with E-state index in [9.17, 15) is 14.4 Å². The molecule has 6 heteroatoms. The Morgan fingerprint density at radius 2 is 1.69 bits per heavy atom. The van der Waals surface area contributed by atoms with Crippen molar-refractivity contribution in [1.82, 2.24) is 15.2 Å². The molecule has 0 fully saturated rings. The number of benzene rings is 2. The van der Waals surface area contributed by atoms with Gasteiger partial charge >= 0.3 is 0 Å². The minimum absolute atomic E-state index is 0.202. The zero-order valence-corrected chi connectivity index (χ0v) is 15.9. The number of carbonyl (C=O) groups is 3. The van der Waals surface area contributed by atoms with Gasteiger partial charge in [-0.25, -0.2) is 0 Å². The highest BCUT2D eigenvalue weighted by molar-refractivity contribution is 6.22. The maximum Gasteiger partial charge on any atom is 0.261 e. The summed E-state index contributed by atoms with van der Waals surface area (Å²) in [7, 11) is 0. The molecule has 0 radical (unpaired) electrons. The van der Waals surface area contributed by atoms with Crippen LogP contribution in [0.2, 0.25) is 0 Å². The predicted molar refractivity (Wildman–Crippen MR) is 107 cm³/mol. The van der Waals surface area contributed by atoms with E-state index < -0.39 is 0 Å². The molecular formula is C23H19N3O3. The molecule has 144 valence electrons. The fourth-order valence-corrected chi connectivity index (χ4v) is 3.31. The van der Waals surface area contributed by atoms with Gasteiger partial charge in [0.1, 0.15) is 0 Å². The van der Waals surface area contributed by atoms with Crippen LogP contribution in [-0.4, -0.2) is 27.6 Å². The molecule has 2 heterocycles. The second-order valence-corrected chi connectivity index (χ2v) is 6.90. The minimum atomic E-state index is -0.385. The highest BCUT2D eigenvalue weighted by atomic mass is 16.2. The lowest BCUT2D eigenvalue weighted by molar-refractivity contribution is 0.0642. The quantitative estimate of drug-likeness (QED) is 0.685. The van der Waals surface area contributed by atoms with E-state index in [4.69, 9.17) is 0 Å². The van der Waals surface area contributed by atoms with Crippen molar-refractivity contribution in [3.63, 3.8) is 0 Å². The number of hydrogen-bond acceptors (Lipinski definition) is 4. The zero-order chi connectivity index (χ0) is 20.4. The third-order valence-electron chi connectivity index (χ3n) is 4.79. The minimum Gasteiger partial charge on any atom is -0.346 e. The number of amides is 3. The molecule has 0 atom stereocenters. The molecule has 0 saturated carbocycles. The van der Waals surface area contributed by atoms with E-state index in [1.165, 1.54) is 11.0 Å². The summed E-state index contributed by atoms with van der Waals surface area (Å²) in [6.45, 7) is 2.37. The Kier molecular flexibility index (Phi) is 4.91. The summed E-state index contributed by atoms with van der Waals surface area (Å²) < 4.78 is 0. The number of nitrogens with one attached hydrogen (secondary N) is 1. The van der Waals surface area contributed by atoms with Gasteiger partial charge < -0.3 is 5.32 Å². The van der Waals surface area contributed by atoms with Crippen molar-refractivity contribution in [2.24, 2.45) is 0 Å². The molecule has 0 unspecified atom stereocenters. The van der Waals surface area contributed by atoms with E-state index in [0.29, 0.717) is 11.1 Å². The summed E-state index contributed by atoms with van der Waals surface area (Å²) in [5, 5.41) is 2.80. The Hall–Kier alpha value is -3.80. The highest BCUT2D eigenvalue weighted by Gasteiger charge is 2.35. The first-order valence-corrected chi connectivity index (χ1v) is 9.28. The predicted octanol–water partition coefficient (Wildman–Crippen LogP) is 3.12. The van der Waals surface area contributed by atoms with Gasteiger partial charge in [0.2, 0.25) is 0 Å². The first-order valence-electron chi connectivity index (χ1n) is 9.28. The van der Waals surface area contributed by atoms with Gasteiger partial charge in [-0.3, -0.25) is 24.3 Å². The summed E-state index contributed by atoms with van der Waals surface area (Å²) in [5.41, 5.74) is 3.40. The van der Waals surface area contributed by atoms with Gasteiger partial charge in [0.25, 0.3) is 17.7 Å². The summed E-state index contributed by atoms with van der Waals surface area (Å²) in [5.74, 6) is -1.05. The molecule has 1 aliphatic heterocycles. The van der Waals surface area contributed by atoms with Crippen LogP contribution in [0.15, 0.2) is 66.7 Å². The largest absolute Gasteiger partial charge is 0.346 e. The van der Waals surface area contributed by atoms with Crippen molar-refractivity contribution in [2.45, 2.75) is 20.0 Å². The van der Waals surface area contributed by atoms with Crippen molar-refractivity contribution in [1.29, 1.82) is 0 Å². The Morgan fingerprint density at radius 1 is 0.931 bits per heavy atom. The zero-order valence-electron chi connectivity index (χ0n) is 15.9. The number of hydrogen-bond donors (Lipinski definition) is 1. The van der Waals surface area contributed by atoms with Crippen molar-refractivity contribution < 1.29 is 14.4 Å². The lowest BCUT2D eigenvalue weighted by atomic mass is 10.1. The lowest BCUT2D eigenvalue weighted by Gasteiger charge is -2.13. The van der Waals surface area contributed by atoms with Crippen LogP contribution in [0.1, 0.15) is 48.0 Å². The first-order chi connectivity index (χ1) is 14.0. The van der Waals surface area contributed by atoms with Crippen molar-refractivity contribution >= 4 is 17.7 Å². The molecule has 29 heavy (non-hydrogen) atoms. The SMILES string of the molecule is Cc1cccc(CNC(=O)c2ccc3c(c2)C(=O)N(Cc2ccccc2)C3=O)n1. The highest BCUT2D eigenvalue weighted by Crippen LogP contribution is 2.25. The number of rotatable bonds is 5. The summed E-state index contributed by atoms with van der Waals surface area (Å²) in [4.78, 5) is 43.5. The van der Waals surface area contributed by atoms with Crippen LogP contribution < -0.4 is 5.32 Å². The van der Waals surface area contributed by atoms with Crippen LogP contribution >= 0.6 is 0 Å². The van der Waals surface area contributed by atoms with Crippen LogP contribution in [0.4, 0.5) is 0 Å².